The number of ether oxygens (including phenoxy) is 2. The first kappa shape index (κ1) is 15.1. The summed E-state index contributed by atoms with van der Waals surface area (Å²) < 4.78 is 12.9. The Morgan fingerprint density at radius 3 is 3.09 bits per heavy atom. The quantitative estimate of drug-likeness (QED) is 0.813. The van der Waals surface area contributed by atoms with Crippen molar-refractivity contribution < 1.29 is 19.4 Å². The molecule has 0 aliphatic carbocycles. The van der Waals surface area contributed by atoms with Gasteiger partial charge in [-0.25, -0.2) is 9.97 Å². The van der Waals surface area contributed by atoms with Gasteiger partial charge in [0.1, 0.15) is 11.9 Å². The molecule has 118 valence electrons. The highest BCUT2D eigenvalue weighted by molar-refractivity contribution is 7.16. The molecule has 1 N–H and O–H groups in total. The van der Waals surface area contributed by atoms with Crippen LogP contribution in [0.3, 0.4) is 0 Å². The fourth-order valence-electron chi connectivity index (χ4n) is 2.53. The third-order valence-electron chi connectivity index (χ3n) is 3.40. The molecule has 3 heterocycles. The summed E-state index contributed by atoms with van der Waals surface area (Å²) in [6, 6.07) is 0. The molecule has 1 fully saturated rings. The van der Waals surface area contributed by atoms with Gasteiger partial charge in [-0.3, -0.25) is 14.2 Å². The highest BCUT2D eigenvalue weighted by Crippen LogP contribution is 2.33. The standard InChI is InChI=1S/C13H15N3O5S/c1-6-14-4-10-11(15-6)16(13(19)22-10)12-9(20-7(2)18)3-8(5-17)21-12/h4,8-9,12,17H,3,5H2,1-2H3/t8-,9+,12+/m0/s1. The van der Waals surface area contributed by atoms with Crippen LogP contribution in [0.25, 0.3) is 10.3 Å². The van der Waals surface area contributed by atoms with E-state index in [9.17, 15) is 14.7 Å². The molecular weight excluding hydrogens is 310 g/mol. The van der Waals surface area contributed by atoms with Crippen LogP contribution in [-0.4, -0.2) is 44.4 Å². The van der Waals surface area contributed by atoms with Crippen molar-refractivity contribution in [2.24, 2.45) is 0 Å². The SMILES string of the molecule is CC(=O)O[C@@H]1C[C@@H](CO)O[C@H]1n1c(=O)sc2cnc(C)nc21. The second-order valence-electron chi connectivity index (χ2n) is 5.06. The molecule has 0 amide bonds. The van der Waals surface area contributed by atoms with Gasteiger partial charge in [0.25, 0.3) is 0 Å². The first-order chi connectivity index (χ1) is 10.5. The predicted octanol–water partition coefficient (Wildman–Crippen LogP) is 0.373. The third kappa shape index (κ3) is 2.62. The van der Waals surface area contributed by atoms with E-state index in [4.69, 9.17) is 9.47 Å². The maximum absolute atomic E-state index is 12.3. The summed E-state index contributed by atoms with van der Waals surface area (Å²) in [5.74, 6) is 0.0652. The largest absolute Gasteiger partial charge is 0.458 e. The van der Waals surface area contributed by atoms with Crippen molar-refractivity contribution in [3.8, 4) is 0 Å². The molecule has 22 heavy (non-hydrogen) atoms. The van der Waals surface area contributed by atoms with Crippen LogP contribution in [0.4, 0.5) is 0 Å². The summed E-state index contributed by atoms with van der Waals surface area (Å²) in [6.45, 7) is 2.81. The minimum atomic E-state index is -0.795. The van der Waals surface area contributed by atoms with Crippen molar-refractivity contribution in [1.29, 1.82) is 0 Å². The molecule has 2 aromatic rings. The number of aromatic nitrogens is 3. The molecule has 0 saturated carbocycles. The lowest BCUT2D eigenvalue weighted by Gasteiger charge is -2.19. The molecule has 3 rings (SSSR count). The van der Waals surface area contributed by atoms with Crippen molar-refractivity contribution in [3.05, 3.63) is 21.7 Å². The summed E-state index contributed by atoms with van der Waals surface area (Å²) >= 11 is 1.00. The Morgan fingerprint density at radius 1 is 1.64 bits per heavy atom. The van der Waals surface area contributed by atoms with E-state index in [2.05, 4.69) is 9.97 Å². The second-order valence-corrected chi connectivity index (χ2v) is 6.05. The van der Waals surface area contributed by atoms with Gasteiger partial charge in [0.2, 0.25) is 0 Å². The molecule has 2 aromatic heterocycles. The molecule has 0 spiro atoms. The van der Waals surface area contributed by atoms with Gasteiger partial charge in [-0.15, -0.1) is 0 Å². The van der Waals surface area contributed by atoms with Crippen LogP contribution in [0.2, 0.25) is 0 Å². The summed E-state index contributed by atoms with van der Waals surface area (Å²) in [6.07, 6.45) is -0.00937. The van der Waals surface area contributed by atoms with Crippen LogP contribution >= 0.6 is 11.3 Å². The number of nitrogens with zero attached hydrogens (tertiary/aromatic N) is 3. The van der Waals surface area contributed by atoms with E-state index < -0.39 is 24.4 Å². The van der Waals surface area contributed by atoms with Gasteiger partial charge in [0, 0.05) is 13.3 Å². The molecule has 0 aromatic carbocycles. The molecule has 8 nitrogen and oxygen atoms in total. The molecule has 9 heteroatoms. The highest BCUT2D eigenvalue weighted by atomic mass is 32.1. The van der Waals surface area contributed by atoms with Gasteiger partial charge in [0.15, 0.2) is 11.9 Å². The molecule has 1 aliphatic rings. The van der Waals surface area contributed by atoms with Crippen molar-refractivity contribution >= 4 is 27.7 Å². The smallest absolute Gasteiger partial charge is 0.311 e. The Labute approximate surface area is 129 Å². The van der Waals surface area contributed by atoms with E-state index in [1.54, 1.807) is 13.1 Å². The fraction of sp³-hybridized carbons (Fsp3) is 0.538. The number of hydrogen-bond acceptors (Lipinski definition) is 8. The average molecular weight is 325 g/mol. The maximum Gasteiger partial charge on any atom is 0.311 e. The number of aryl methyl sites for hydroxylation is 1. The molecular formula is C13H15N3O5S. The average Bonchev–Trinajstić information content (AvgIpc) is 2.98. The van der Waals surface area contributed by atoms with E-state index in [1.807, 2.05) is 0 Å². The van der Waals surface area contributed by atoms with Gasteiger partial charge >= 0.3 is 10.8 Å². The lowest BCUT2D eigenvalue weighted by atomic mass is 10.2. The van der Waals surface area contributed by atoms with Gasteiger partial charge in [-0.05, 0) is 6.92 Å². The second kappa shape index (κ2) is 5.75. The maximum atomic E-state index is 12.3. The lowest BCUT2D eigenvalue weighted by Crippen LogP contribution is -2.30. The van der Waals surface area contributed by atoms with Crippen LogP contribution in [0.15, 0.2) is 11.0 Å². The van der Waals surface area contributed by atoms with E-state index in [1.165, 1.54) is 11.5 Å². The van der Waals surface area contributed by atoms with Gasteiger partial charge in [-0.1, -0.05) is 11.3 Å². The van der Waals surface area contributed by atoms with E-state index in [0.29, 0.717) is 22.6 Å². The summed E-state index contributed by atoms with van der Waals surface area (Å²) in [4.78, 5) is 31.6. The Hall–Kier alpha value is -1.84. The normalized spacial score (nSPS) is 24.8. The minimum Gasteiger partial charge on any atom is -0.458 e. The first-order valence-corrected chi connectivity index (χ1v) is 7.59. The zero-order valence-corrected chi connectivity index (χ0v) is 12.9. The molecule has 0 radical (unpaired) electrons. The number of rotatable bonds is 3. The summed E-state index contributed by atoms with van der Waals surface area (Å²) in [5.41, 5.74) is 0.447. The van der Waals surface area contributed by atoms with Gasteiger partial charge in [0.05, 0.1) is 23.6 Å². The lowest BCUT2D eigenvalue weighted by molar-refractivity contribution is -0.152. The topological polar surface area (TPSA) is 104 Å². The zero-order chi connectivity index (χ0) is 15.9. The number of hydrogen-bond donors (Lipinski definition) is 1. The molecule has 0 bridgehead atoms. The van der Waals surface area contributed by atoms with E-state index >= 15 is 0 Å². The Balaban J connectivity index is 2.08. The Kier molecular flexibility index (Phi) is 3.94. The summed E-state index contributed by atoms with van der Waals surface area (Å²) in [5, 5.41) is 9.28. The monoisotopic (exact) mass is 325 g/mol. The van der Waals surface area contributed by atoms with Crippen molar-refractivity contribution in [3.63, 3.8) is 0 Å². The molecule has 1 aliphatic heterocycles. The number of fused-ring (bicyclic) bond motifs is 1. The third-order valence-corrected chi connectivity index (χ3v) is 4.28. The summed E-state index contributed by atoms with van der Waals surface area (Å²) in [7, 11) is 0. The van der Waals surface area contributed by atoms with Crippen LogP contribution in [0.5, 0.6) is 0 Å². The Bertz CT molecular complexity index is 771. The first-order valence-electron chi connectivity index (χ1n) is 6.78. The van der Waals surface area contributed by atoms with Crippen LogP contribution < -0.4 is 4.87 Å². The number of aliphatic hydroxyl groups is 1. The zero-order valence-electron chi connectivity index (χ0n) is 12.1. The van der Waals surface area contributed by atoms with Crippen LogP contribution in [0.1, 0.15) is 25.4 Å². The Morgan fingerprint density at radius 2 is 2.41 bits per heavy atom. The number of esters is 1. The highest BCUT2D eigenvalue weighted by Gasteiger charge is 2.40. The van der Waals surface area contributed by atoms with Crippen molar-refractivity contribution in [1.82, 2.24) is 14.5 Å². The van der Waals surface area contributed by atoms with E-state index in [0.717, 1.165) is 11.3 Å². The number of carbonyl (C=O) groups is 1. The fourth-order valence-corrected chi connectivity index (χ4v) is 3.34. The van der Waals surface area contributed by atoms with Crippen LogP contribution in [-0.2, 0) is 14.3 Å². The van der Waals surface area contributed by atoms with Crippen LogP contribution in [0, 0.1) is 6.92 Å². The predicted molar refractivity (Wildman–Crippen MR) is 77.6 cm³/mol. The number of carbonyl (C=O) groups excluding carboxylic acids is 1. The van der Waals surface area contributed by atoms with E-state index in [-0.39, 0.29) is 11.5 Å². The number of thiazole rings is 1. The van der Waals surface area contributed by atoms with Crippen molar-refractivity contribution in [2.75, 3.05) is 6.61 Å². The molecule has 3 atom stereocenters. The molecule has 0 unspecified atom stereocenters. The number of aliphatic hydroxyl groups excluding tert-OH is 1. The van der Waals surface area contributed by atoms with Gasteiger partial charge < -0.3 is 14.6 Å². The van der Waals surface area contributed by atoms with Gasteiger partial charge in [-0.2, -0.15) is 0 Å². The minimum absolute atomic E-state index is 0.209. The molecule has 1 saturated heterocycles. The van der Waals surface area contributed by atoms with Crippen molar-refractivity contribution in [2.45, 2.75) is 38.7 Å².